The lowest BCUT2D eigenvalue weighted by Crippen LogP contribution is -2.53. The highest BCUT2D eigenvalue weighted by Crippen LogP contribution is 2.17. The second-order valence-corrected chi connectivity index (χ2v) is 8.23. The number of rotatable bonds is 6. The first-order valence-corrected chi connectivity index (χ1v) is 11.1. The van der Waals surface area contributed by atoms with Gasteiger partial charge < -0.3 is 20.4 Å². The van der Waals surface area contributed by atoms with Crippen LogP contribution in [0.4, 0.5) is 10.5 Å². The molecule has 1 heterocycles. The largest absolute Gasteiger partial charge is 0.339 e. The summed E-state index contributed by atoms with van der Waals surface area (Å²) in [6.07, 6.45) is 0.817. The highest BCUT2D eigenvalue weighted by Gasteiger charge is 2.25. The first-order chi connectivity index (χ1) is 15.4. The molecule has 2 aromatic rings. The average Bonchev–Trinajstić information content (AvgIpc) is 2.81. The first kappa shape index (κ1) is 23.3. The minimum Gasteiger partial charge on any atom is -0.339 e. The van der Waals surface area contributed by atoms with Crippen LogP contribution in [0.15, 0.2) is 48.5 Å². The van der Waals surface area contributed by atoms with Crippen LogP contribution >= 0.6 is 0 Å². The number of piperazine rings is 1. The quantitative estimate of drug-likeness (QED) is 0.727. The van der Waals surface area contributed by atoms with Crippen molar-refractivity contribution in [3.05, 3.63) is 65.2 Å². The number of carbonyl (C=O) groups is 3. The Morgan fingerprint density at radius 3 is 2.09 bits per heavy atom. The van der Waals surface area contributed by atoms with Gasteiger partial charge in [0.15, 0.2) is 0 Å². The minimum atomic E-state index is -0.167. The number of benzene rings is 2. The van der Waals surface area contributed by atoms with E-state index in [-0.39, 0.29) is 23.9 Å². The maximum absolute atomic E-state index is 12.7. The third-order valence-corrected chi connectivity index (χ3v) is 5.75. The molecule has 1 fully saturated rings. The zero-order chi connectivity index (χ0) is 23.1. The fraction of sp³-hybridized carbons (Fsp3) is 0.400. The highest BCUT2D eigenvalue weighted by molar-refractivity contribution is 5.90. The maximum atomic E-state index is 12.7. The molecule has 1 aliphatic rings. The Kier molecular flexibility index (Phi) is 7.87. The van der Waals surface area contributed by atoms with E-state index >= 15 is 0 Å². The summed E-state index contributed by atoms with van der Waals surface area (Å²) in [5, 5.41) is 5.84. The van der Waals surface area contributed by atoms with Gasteiger partial charge in [0.05, 0.1) is 12.5 Å². The fourth-order valence-electron chi connectivity index (χ4n) is 3.62. The molecule has 1 atom stereocenters. The molecule has 3 rings (SSSR count). The lowest BCUT2D eigenvalue weighted by atomic mass is 10.1. The lowest BCUT2D eigenvalue weighted by Gasteiger charge is -2.35. The van der Waals surface area contributed by atoms with Crippen molar-refractivity contribution in [2.75, 3.05) is 31.5 Å². The van der Waals surface area contributed by atoms with Gasteiger partial charge in [-0.25, -0.2) is 4.79 Å². The van der Waals surface area contributed by atoms with Crippen molar-refractivity contribution in [3.63, 3.8) is 0 Å². The maximum Gasteiger partial charge on any atom is 0.317 e. The van der Waals surface area contributed by atoms with E-state index in [1.807, 2.05) is 67.3 Å². The number of amides is 4. The number of aryl methyl sites for hydroxylation is 1. The van der Waals surface area contributed by atoms with Gasteiger partial charge in [0.1, 0.15) is 0 Å². The van der Waals surface area contributed by atoms with Crippen LogP contribution in [0.25, 0.3) is 0 Å². The molecular formula is C25H32N4O3. The Labute approximate surface area is 189 Å². The van der Waals surface area contributed by atoms with Gasteiger partial charge in [-0.2, -0.15) is 0 Å². The summed E-state index contributed by atoms with van der Waals surface area (Å²) in [4.78, 5) is 40.3. The SMILES string of the molecule is CCC(=O)Nc1ccc(C(C)NC(=O)N2CCN(C(=O)Cc3ccc(C)cc3)CC2)cc1. The van der Waals surface area contributed by atoms with Crippen LogP contribution in [0.5, 0.6) is 0 Å². The molecule has 0 radical (unpaired) electrons. The van der Waals surface area contributed by atoms with Crippen LogP contribution in [0, 0.1) is 6.92 Å². The molecule has 1 unspecified atom stereocenters. The van der Waals surface area contributed by atoms with Gasteiger partial charge in [-0.3, -0.25) is 9.59 Å². The normalized spacial score (nSPS) is 14.6. The number of hydrogen-bond acceptors (Lipinski definition) is 3. The molecule has 1 aliphatic heterocycles. The van der Waals surface area contributed by atoms with Gasteiger partial charge in [-0.15, -0.1) is 0 Å². The highest BCUT2D eigenvalue weighted by atomic mass is 16.2. The molecule has 4 amide bonds. The molecule has 32 heavy (non-hydrogen) atoms. The number of carbonyl (C=O) groups excluding carboxylic acids is 3. The van der Waals surface area contributed by atoms with Crippen molar-refractivity contribution >= 4 is 23.5 Å². The van der Waals surface area contributed by atoms with Crippen LogP contribution in [0.2, 0.25) is 0 Å². The van der Waals surface area contributed by atoms with Crippen LogP contribution in [0.3, 0.4) is 0 Å². The van der Waals surface area contributed by atoms with Crippen LogP contribution < -0.4 is 10.6 Å². The van der Waals surface area contributed by atoms with Crippen molar-refractivity contribution in [1.29, 1.82) is 0 Å². The summed E-state index contributed by atoms with van der Waals surface area (Å²) in [7, 11) is 0. The molecule has 7 nitrogen and oxygen atoms in total. The van der Waals surface area contributed by atoms with E-state index < -0.39 is 0 Å². The molecule has 0 aliphatic carbocycles. The summed E-state index contributed by atoms with van der Waals surface area (Å²) in [6, 6.07) is 15.2. The van der Waals surface area contributed by atoms with Gasteiger partial charge in [0, 0.05) is 38.3 Å². The monoisotopic (exact) mass is 436 g/mol. The van der Waals surface area contributed by atoms with Crippen molar-refractivity contribution in [2.45, 2.75) is 39.7 Å². The second kappa shape index (κ2) is 10.8. The third-order valence-electron chi connectivity index (χ3n) is 5.75. The van der Waals surface area contributed by atoms with E-state index in [0.717, 1.165) is 16.8 Å². The van der Waals surface area contributed by atoms with E-state index in [2.05, 4.69) is 10.6 Å². The van der Waals surface area contributed by atoms with Gasteiger partial charge in [-0.05, 0) is 37.1 Å². The molecule has 170 valence electrons. The first-order valence-electron chi connectivity index (χ1n) is 11.1. The third kappa shape index (κ3) is 6.33. The number of urea groups is 1. The number of nitrogens with zero attached hydrogens (tertiary/aromatic N) is 2. The summed E-state index contributed by atoms with van der Waals surface area (Å²) in [6.45, 7) is 7.87. The predicted octanol–water partition coefficient (Wildman–Crippen LogP) is 3.50. The zero-order valence-electron chi connectivity index (χ0n) is 19.1. The van der Waals surface area contributed by atoms with Crippen molar-refractivity contribution in [2.24, 2.45) is 0 Å². The van der Waals surface area contributed by atoms with Crippen LogP contribution in [-0.2, 0) is 16.0 Å². The van der Waals surface area contributed by atoms with Gasteiger partial charge in [0.25, 0.3) is 0 Å². The molecule has 0 bridgehead atoms. The van der Waals surface area contributed by atoms with E-state index in [1.54, 1.807) is 11.8 Å². The Balaban J connectivity index is 1.46. The minimum absolute atomic E-state index is 0.0319. The van der Waals surface area contributed by atoms with Crippen molar-refractivity contribution in [3.8, 4) is 0 Å². The molecule has 0 spiro atoms. The smallest absolute Gasteiger partial charge is 0.317 e. The Bertz CT molecular complexity index is 933. The Morgan fingerprint density at radius 2 is 1.50 bits per heavy atom. The molecular weight excluding hydrogens is 404 g/mol. The van der Waals surface area contributed by atoms with Crippen molar-refractivity contribution in [1.82, 2.24) is 15.1 Å². The van der Waals surface area contributed by atoms with Gasteiger partial charge in [-0.1, -0.05) is 48.9 Å². The second-order valence-electron chi connectivity index (χ2n) is 8.23. The molecule has 0 saturated carbocycles. The molecule has 1 saturated heterocycles. The fourth-order valence-corrected chi connectivity index (χ4v) is 3.62. The summed E-state index contributed by atoms with van der Waals surface area (Å²) in [5.74, 6) is 0.0631. The topological polar surface area (TPSA) is 81.8 Å². The standard InChI is InChI=1S/C25H32N4O3/c1-4-23(30)27-22-11-9-21(10-12-22)19(3)26-25(32)29-15-13-28(14-16-29)24(31)17-20-7-5-18(2)6-8-20/h5-12,19H,4,13-17H2,1-3H3,(H,26,32)(H,27,30). The van der Waals surface area contributed by atoms with E-state index in [0.29, 0.717) is 39.0 Å². The molecule has 0 aromatic heterocycles. The molecule has 2 aromatic carbocycles. The van der Waals surface area contributed by atoms with E-state index in [1.165, 1.54) is 5.56 Å². The Hall–Kier alpha value is -3.35. The number of nitrogens with one attached hydrogen (secondary N) is 2. The van der Waals surface area contributed by atoms with Crippen LogP contribution in [-0.4, -0.2) is 53.8 Å². The van der Waals surface area contributed by atoms with Crippen LogP contribution in [0.1, 0.15) is 43.0 Å². The summed E-state index contributed by atoms with van der Waals surface area (Å²) < 4.78 is 0. The van der Waals surface area contributed by atoms with Crippen molar-refractivity contribution < 1.29 is 14.4 Å². The summed E-state index contributed by atoms with van der Waals surface area (Å²) >= 11 is 0. The summed E-state index contributed by atoms with van der Waals surface area (Å²) in [5.41, 5.74) is 3.88. The molecule has 2 N–H and O–H groups in total. The van der Waals surface area contributed by atoms with Gasteiger partial charge in [0.2, 0.25) is 11.8 Å². The van der Waals surface area contributed by atoms with Gasteiger partial charge >= 0.3 is 6.03 Å². The van der Waals surface area contributed by atoms with E-state index in [9.17, 15) is 14.4 Å². The number of hydrogen-bond donors (Lipinski definition) is 2. The Morgan fingerprint density at radius 1 is 0.906 bits per heavy atom. The molecule has 7 heteroatoms. The number of anilines is 1. The average molecular weight is 437 g/mol. The predicted molar refractivity (Wildman–Crippen MR) is 125 cm³/mol. The lowest BCUT2D eigenvalue weighted by molar-refractivity contribution is -0.131. The zero-order valence-corrected chi connectivity index (χ0v) is 19.1. The van der Waals surface area contributed by atoms with E-state index in [4.69, 9.17) is 0 Å².